The van der Waals surface area contributed by atoms with Crippen LogP contribution in [0.3, 0.4) is 0 Å². The molecule has 0 bridgehead atoms. The summed E-state index contributed by atoms with van der Waals surface area (Å²) in [5.41, 5.74) is 5.55. The van der Waals surface area contributed by atoms with Gasteiger partial charge in [0.05, 0.1) is 17.2 Å². The maximum Gasteiger partial charge on any atom is 0.250 e. The van der Waals surface area contributed by atoms with Crippen molar-refractivity contribution < 1.29 is 9.53 Å². The summed E-state index contributed by atoms with van der Waals surface area (Å²) in [5, 5.41) is 0.416. The molecule has 1 fully saturated rings. The predicted octanol–water partition coefficient (Wildman–Crippen LogP) is 1.35. The van der Waals surface area contributed by atoms with Gasteiger partial charge in [-0.3, -0.25) is 4.79 Å². The van der Waals surface area contributed by atoms with E-state index in [1.54, 1.807) is 18.3 Å². The van der Waals surface area contributed by atoms with E-state index in [1.807, 2.05) is 6.92 Å². The first-order chi connectivity index (χ1) is 12.1. The quantitative estimate of drug-likeness (QED) is 0.857. The number of anilines is 2. The number of piperazine rings is 1. The van der Waals surface area contributed by atoms with Crippen molar-refractivity contribution in [3.63, 3.8) is 0 Å². The number of carbonyl (C=O) groups is 1. The average Bonchev–Trinajstić information content (AvgIpc) is 2.62. The van der Waals surface area contributed by atoms with Gasteiger partial charge < -0.3 is 20.3 Å². The number of halogens is 1. The topological polar surface area (TPSA) is 97.5 Å². The Balaban J connectivity index is 1.68. The van der Waals surface area contributed by atoms with E-state index in [1.165, 1.54) is 6.20 Å². The summed E-state index contributed by atoms with van der Waals surface area (Å²) in [6, 6.07) is 3.29. The van der Waals surface area contributed by atoms with Crippen LogP contribution < -0.4 is 20.3 Å². The summed E-state index contributed by atoms with van der Waals surface area (Å²) in [5.74, 6) is 1.32. The molecule has 0 unspecified atom stereocenters. The number of hydrogen-bond donors (Lipinski definition) is 1. The molecule has 2 aromatic rings. The smallest absolute Gasteiger partial charge is 0.250 e. The number of carbonyl (C=O) groups excluding carboxylic acids is 1. The van der Waals surface area contributed by atoms with Crippen molar-refractivity contribution in [2.45, 2.75) is 6.92 Å². The van der Waals surface area contributed by atoms with Crippen molar-refractivity contribution in [2.24, 2.45) is 5.73 Å². The maximum absolute atomic E-state index is 11.2. The van der Waals surface area contributed by atoms with Crippen LogP contribution in [0.25, 0.3) is 0 Å². The Bertz CT molecular complexity index is 764. The largest absolute Gasteiger partial charge is 0.478 e. The molecule has 2 N–H and O–H groups in total. The van der Waals surface area contributed by atoms with Gasteiger partial charge in [-0.15, -0.1) is 0 Å². The Morgan fingerprint density at radius 3 is 2.64 bits per heavy atom. The molecule has 0 aromatic carbocycles. The van der Waals surface area contributed by atoms with Crippen LogP contribution in [0.5, 0.6) is 5.88 Å². The first kappa shape index (κ1) is 17.2. The Hall–Kier alpha value is -2.61. The van der Waals surface area contributed by atoms with Crippen molar-refractivity contribution in [3.05, 3.63) is 35.1 Å². The number of nitrogens with zero attached hydrogens (tertiary/aromatic N) is 5. The van der Waals surface area contributed by atoms with E-state index < -0.39 is 5.91 Å². The second kappa shape index (κ2) is 7.52. The van der Waals surface area contributed by atoms with Crippen LogP contribution in [0.15, 0.2) is 24.5 Å². The molecule has 1 aliphatic rings. The SMILES string of the molecule is CCOc1ccnc(N2CCN(c3ncc(C(N)=O)cc3Cl)CC2)n1. The predicted molar refractivity (Wildman–Crippen MR) is 95.4 cm³/mol. The number of ether oxygens (including phenoxy) is 1. The third-order valence-corrected chi connectivity index (χ3v) is 4.16. The summed E-state index contributed by atoms with van der Waals surface area (Å²) in [7, 11) is 0. The standard InChI is InChI=1S/C16H19ClN6O2/c1-2-25-13-3-4-19-16(21-13)23-7-5-22(6-8-23)15-12(17)9-11(10-20-15)14(18)24/h3-4,9-10H,2,5-8H2,1H3,(H2,18,24). The van der Waals surface area contributed by atoms with Crippen molar-refractivity contribution in [2.75, 3.05) is 42.6 Å². The highest BCUT2D eigenvalue weighted by Gasteiger charge is 2.22. The summed E-state index contributed by atoms with van der Waals surface area (Å²) in [6.45, 7) is 5.36. The minimum absolute atomic E-state index is 0.300. The van der Waals surface area contributed by atoms with Crippen LogP contribution in [0.2, 0.25) is 5.02 Å². The minimum atomic E-state index is -0.544. The molecule has 0 aliphatic carbocycles. The lowest BCUT2D eigenvalue weighted by Gasteiger charge is -2.35. The highest BCUT2D eigenvalue weighted by molar-refractivity contribution is 6.33. The van der Waals surface area contributed by atoms with Gasteiger partial charge in [-0.2, -0.15) is 4.98 Å². The van der Waals surface area contributed by atoms with Crippen molar-refractivity contribution in [1.82, 2.24) is 15.0 Å². The molecular weight excluding hydrogens is 344 g/mol. The minimum Gasteiger partial charge on any atom is -0.478 e. The Kier molecular flexibility index (Phi) is 5.18. The van der Waals surface area contributed by atoms with E-state index in [0.717, 1.165) is 13.1 Å². The van der Waals surface area contributed by atoms with Gasteiger partial charge >= 0.3 is 0 Å². The molecule has 0 atom stereocenters. The number of hydrogen-bond acceptors (Lipinski definition) is 7. The zero-order chi connectivity index (χ0) is 17.8. The summed E-state index contributed by atoms with van der Waals surface area (Å²) in [4.78, 5) is 28.4. The molecule has 1 aliphatic heterocycles. The summed E-state index contributed by atoms with van der Waals surface area (Å²) in [6.07, 6.45) is 3.14. The molecule has 0 saturated carbocycles. The second-order valence-corrected chi connectivity index (χ2v) is 5.90. The number of pyridine rings is 1. The van der Waals surface area contributed by atoms with Crippen molar-refractivity contribution >= 4 is 29.3 Å². The van der Waals surface area contributed by atoms with Gasteiger partial charge in [0.15, 0.2) is 0 Å². The lowest BCUT2D eigenvalue weighted by Crippen LogP contribution is -2.47. The first-order valence-electron chi connectivity index (χ1n) is 7.99. The van der Waals surface area contributed by atoms with Crippen LogP contribution in [0, 0.1) is 0 Å². The number of amides is 1. The molecule has 9 heteroatoms. The van der Waals surface area contributed by atoms with E-state index in [0.29, 0.717) is 47.9 Å². The van der Waals surface area contributed by atoms with E-state index in [4.69, 9.17) is 22.1 Å². The van der Waals surface area contributed by atoms with Gasteiger partial charge in [0, 0.05) is 44.6 Å². The van der Waals surface area contributed by atoms with Gasteiger partial charge in [0.2, 0.25) is 17.7 Å². The van der Waals surface area contributed by atoms with Gasteiger partial charge in [0.25, 0.3) is 0 Å². The van der Waals surface area contributed by atoms with Crippen LogP contribution in [-0.4, -0.2) is 53.6 Å². The fraction of sp³-hybridized carbons (Fsp3) is 0.375. The Morgan fingerprint density at radius 1 is 1.28 bits per heavy atom. The summed E-state index contributed by atoms with van der Waals surface area (Å²) < 4.78 is 5.42. The van der Waals surface area contributed by atoms with E-state index in [-0.39, 0.29) is 0 Å². The molecule has 0 spiro atoms. The van der Waals surface area contributed by atoms with Crippen molar-refractivity contribution in [3.8, 4) is 5.88 Å². The number of primary amides is 1. The normalized spacial score (nSPS) is 14.5. The number of nitrogens with two attached hydrogens (primary N) is 1. The number of aromatic nitrogens is 3. The molecule has 25 heavy (non-hydrogen) atoms. The molecule has 132 valence electrons. The Morgan fingerprint density at radius 2 is 2.00 bits per heavy atom. The van der Waals surface area contributed by atoms with Crippen LogP contribution in [-0.2, 0) is 0 Å². The monoisotopic (exact) mass is 362 g/mol. The third-order valence-electron chi connectivity index (χ3n) is 3.88. The lowest BCUT2D eigenvalue weighted by molar-refractivity contribution is 0.1000. The highest BCUT2D eigenvalue weighted by Crippen LogP contribution is 2.25. The van der Waals surface area contributed by atoms with Crippen molar-refractivity contribution in [1.29, 1.82) is 0 Å². The highest BCUT2D eigenvalue weighted by atomic mass is 35.5. The second-order valence-electron chi connectivity index (χ2n) is 5.50. The van der Waals surface area contributed by atoms with Crippen LogP contribution in [0.4, 0.5) is 11.8 Å². The number of rotatable bonds is 5. The Labute approximate surface area is 150 Å². The van der Waals surface area contributed by atoms with Gasteiger partial charge in [-0.05, 0) is 13.0 Å². The molecule has 8 nitrogen and oxygen atoms in total. The fourth-order valence-corrected chi connectivity index (χ4v) is 2.92. The zero-order valence-corrected chi connectivity index (χ0v) is 14.6. The van der Waals surface area contributed by atoms with Gasteiger partial charge in [-0.25, -0.2) is 9.97 Å². The van der Waals surface area contributed by atoms with Gasteiger partial charge in [-0.1, -0.05) is 11.6 Å². The van der Waals surface area contributed by atoms with E-state index >= 15 is 0 Å². The van der Waals surface area contributed by atoms with Crippen LogP contribution in [0.1, 0.15) is 17.3 Å². The van der Waals surface area contributed by atoms with E-state index in [2.05, 4.69) is 24.8 Å². The molecule has 3 rings (SSSR count). The molecular formula is C16H19ClN6O2. The summed E-state index contributed by atoms with van der Waals surface area (Å²) >= 11 is 6.25. The first-order valence-corrected chi connectivity index (χ1v) is 8.37. The fourth-order valence-electron chi connectivity index (χ4n) is 2.63. The van der Waals surface area contributed by atoms with E-state index in [9.17, 15) is 4.79 Å². The average molecular weight is 363 g/mol. The van der Waals surface area contributed by atoms with Crippen LogP contribution >= 0.6 is 11.6 Å². The zero-order valence-electron chi connectivity index (χ0n) is 13.9. The molecule has 2 aromatic heterocycles. The maximum atomic E-state index is 11.2. The molecule has 1 saturated heterocycles. The molecule has 0 radical (unpaired) electrons. The molecule has 1 amide bonds. The van der Waals surface area contributed by atoms with Gasteiger partial charge in [0.1, 0.15) is 5.82 Å². The lowest BCUT2D eigenvalue weighted by atomic mass is 10.2. The third kappa shape index (κ3) is 3.90. The molecule has 3 heterocycles.